The molecule has 0 aromatic heterocycles. The Labute approximate surface area is 95.0 Å². The first kappa shape index (κ1) is 12.2. The van der Waals surface area contributed by atoms with Crippen molar-refractivity contribution in [1.29, 1.82) is 0 Å². The summed E-state index contributed by atoms with van der Waals surface area (Å²) in [6.45, 7) is 0. The van der Waals surface area contributed by atoms with Crippen LogP contribution in [0, 0.1) is 22.0 Å². The molecule has 1 aromatic rings. The van der Waals surface area contributed by atoms with E-state index in [4.69, 9.17) is 10.8 Å². The largest absolute Gasteiger partial charge is 0.478 e. The number of carbonyl (C=O) groups excluding carboxylic acids is 1. The van der Waals surface area contributed by atoms with E-state index in [0.717, 1.165) is 12.1 Å². The van der Waals surface area contributed by atoms with Gasteiger partial charge in [-0.25, -0.2) is 4.79 Å². The summed E-state index contributed by atoms with van der Waals surface area (Å²) in [5.41, 5.74) is 3.58. The second-order valence-electron chi connectivity index (χ2n) is 2.88. The predicted molar refractivity (Wildman–Crippen MR) is 56.1 cm³/mol. The van der Waals surface area contributed by atoms with E-state index in [1.807, 2.05) is 5.92 Å². The molecule has 0 heterocycles. The van der Waals surface area contributed by atoms with Gasteiger partial charge in [-0.3, -0.25) is 14.9 Å². The van der Waals surface area contributed by atoms with Gasteiger partial charge in [-0.2, -0.15) is 0 Å². The molecule has 0 fully saturated rings. The average Bonchev–Trinajstić information content (AvgIpc) is 2.25. The van der Waals surface area contributed by atoms with Gasteiger partial charge in [-0.1, -0.05) is 6.07 Å². The minimum absolute atomic E-state index is 0.344. The maximum Gasteiger partial charge on any atom is 0.337 e. The highest BCUT2D eigenvalue weighted by Crippen LogP contribution is 2.21. The smallest absolute Gasteiger partial charge is 0.337 e. The molecule has 0 aliphatic carbocycles. The Morgan fingerprint density at radius 1 is 1.41 bits per heavy atom. The van der Waals surface area contributed by atoms with Crippen molar-refractivity contribution in [2.45, 2.75) is 0 Å². The van der Waals surface area contributed by atoms with Gasteiger partial charge in [0.05, 0.1) is 10.5 Å². The maximum absolute atomic E-state index is 10.8. The number of carboxylic acid groups (broad SMARTS) is 1. The number of carboxylic acids is 1. The first-order chi connectivity index (χ1) is 7.93. The molecule has 0 aliphatic heterocycles. The minimum Gasteiger partial charge on any atom is -0.478 e. The van der Waals surface area contributed by atoms with Gasteiger partial charge in [0.25, 0.3) is 11.6 Å². The standard InChI is InChI=1S/C10H6N2O5/c11-9(13)5-4-6-7(10(14)15)2-1-3-8(6)12(16)17/h1-3H,(H2,11,13)(H,14,15). The Bertz CT molecular complexity index is 536. The van der Waals surface area contributed by atoms with Gasteiger partial charge < -0.3 is 10.8 Å². The van der Waals surface area contributed by atoms with Gasteiger partial charge in [0.2, 0.25) is 0 Å². The molecular weight excluding hydrogens is 228 g/mol. The highest BCUT2D eigenvalue weighted by Gasteiger charge is 2.19. The number of nitro groups is 1. The number of amides is 1. The Balaban J connectivity index is 3.51. The third-order valence-electron chi connectivity index (χ3n) is 1.78. The van der Waals surface area contributed by atoms with Crippen molar-refractivity contribution >= 4 is 17.6 Å². The van der Waals surface area contributed by atoms with Crippen LogP contribution in [0.3, 0.4) is 0 Å². The van der Waals surface area contributed by atoms with Crippen LogP contribution in [0.5, 0.6) is 0 Å². The minimum atomic E-state index is -1.37. The molecule has 7 nitrogen and oxygen atoms in total. The monoisotopic (exact) mass is 234 g/mol. The Morgan fingerprint density at radius 3 is 2.53 bits per heavy atom. The van der Waals surface area contributed by atoms with Gasteiger partial charge in [0.1, 0.15) is 5.56 Å². The van der Waals surface area contributed by atoms with E-state index in [0.29, 0.717) is 0 Å². The molecule has 0 atom stereocenters. The molecule has 1 aromatic carbocycles. The van der Waals surface area contributed by atoms with Crippen molar-refractivity contribution in [3.8, 4) is 11.8 Å². The molecule has 1 rings (SSSR count). The third kappa shape index (κ3) is 2.79. The van der Waals surface area contributed by atoms with Gasteiger partial charge >= 0.3 is 5.97 Å². The number of hydrogen-bond donors (Lipinski definition) is 2. The number of benzene rings is 1. The van der Waals surface area contributed by atoms with Crippen molar-refractivity contribution in [2.24, 2.45) is 5.73 Å². The predicted octanol–water partition coefficient (Wildman–Crippen LogP) is 0.130. The SMILES string of the molecule is NC(=O)C#Cc1c(C(=O)O)cccc1[N+](=O)[O-]. The first-order valence-corrected chi connectivity index (χ1v) is 4.25. The molecule has 0 radical (unpaired) electrons. The van der Waals surface area contributed by atoms with Crippen molar-refractivity contribution in [2.75, 3.05) is 0 Å². The number of carbonyl (C=O) groups is 2. The van der Waals surface area contributed by atoms with Crippen LogP contribution in [0.15, 0.2) is 18.2 Å². The van der Waals surface area contributed by atoms with E-state index in [2.05, 4.69) is 5.92 Å². The second kappa shape index (κ2) is 4.76. The van der Waals surface area contributed by atoms with Crippen LogP contribution in [0.4, 0.5) is 5.69 Å². The van der Waals surface area contributed by atoms with E-state index in [1.165, 1.54) is 6.07 Å². The third-order valence-corrected chi connectivity index (χ3v) is 1.78. The van der Waals surface area contributed by atoms with Crippen LogP contribution in [0.25, 0.3) is 0 Å². The van der Waals surface area contributed by atoms with E-state index < -0.39 is 22.5 Å². The molecule has 0 unspecified atom stereocenters. The molecule has 0 saturated heterocycles. The number of aromatic carboxylic acids is 1. The molecule has 86 valence electrons. The number of nitrogens with two attached hydrogens (primary N) is 1. The lowest BCUT2D eigenvalue weighted by atomic mass is 10.1. The van der Waals surface area contributed by atoms with Gasteiger partial charge in [-0.05, 0) is 12.0 Å². The Morgan fingerprint density at radius 2 is 2.06 bits per heavy atom. The Hall–Kier alpha value is -2.88. The number of nitrogens with zero attached hydrogens (tertiary/aromatic N) is 1. The maximum atomic E-state index is 10.8. The summed E-state index contributed by atoms with van der Waals surface area (Å²) >= 11 is 0. The van der Waals surface area contributed by atoms with Crippen LogP contribution in [0.2, 0.25) is 0 Å². The molecule has 17 heavy (non-hydrogen) atoms. The molecule has 0 spiro atoms. The normalized spacial score (nSPS) is 8.94. The van der Waals surface area contributed by atoms with Crippen LogP contribution in [-0.2, 0) is 4.79 Å². The number of nitro benzene ring substituents is 1. The summed E-state index contributed by atoms with van der Waals surface area (Å²) in [6.07, 6.45) is 0. The fourth-order valence-corrected chi connectivity index (χ4v) is 1.13. The highest BCUT2D eigenvalue weighted by atomic mass is 16.6. The van der Waals surface area contributed by atoms with Crippen LogP contribution in [-0.4, -0.2) is 21.9 Å². The highest BCUT2D eigenvalue weighted by molar-refractivity contribution is 5.96. The molecule has 3 N–H and O–H groups in total. The van der Waals surface area contributed by atoms with Gasteiger partial charge in [0.15, 0.2) is 0 Å². The molecule has 1 amide bonds. The van der Waals surface area contributed by atoms with E-state index in [1.54, 1.807) is 0 Å². The van der Waals surface area contributed by atoms with Crippen LogP contribution in [0.1, 0.15) is 15.9 Å². The van der Waals surface area contributed by atoms with Crippen molar-refractivity contribution in [1.82, 2.24) is 0 Å². The Kier molecular flexibility index (Phi) is 3.41. The lowest BCUT2D eigenvalue weighted by Crippen LogP contribution is -2.08. The number of hydrogen-bond acceptors (Lipinski definition) is 4. The quantitative estimate of drug-likeness (QED) is 0.427. The van der Waals surface area contributed by atoms with Crippen molar-refractivity contribution in [3.63, 3.8) is 0 Å². The summed E-state index contributed by atoms with van der Waals surface area (Å²) in [6, 6.07) is 3.47. The van der Waals surface area contributed by atoms with Gasteiger partial charge in [0, 0.05) is 12.0 Å². The summed E-state index contributed by atoms with van der Waals surface area (Å²) in [4.78, 5) is 31.2. The zero-order chi connectivity index (χ0) is 13.0. The molecule has 0 saturated carbocycles. The number of primary amides is 1. The van der Waals surface area contributed by atoms with Gasteiger partial charge in [-0.15, -0.1) is 0 Å². The number of rotatable bonds is 2. The summed E-state index contributed by atoms with van der Waals surface area (Å²) in [5.74, 6) is 1.60. The van der Waals surface area contributed by atoms with E-state index in [-0.39, 0.29) is 11.1 Å². The lowest BCUT2D eigenvalue weighted by Gasteiger charge is -1.99. The van der Waals surface area contributed by atoms with Crippen LogP contribution >= 0.6 is 0 Å². The van der Waals surface area contributed by atoms with Crippen LogP contribution < -0.4 is 5.73 Å². The summed E-state index contributed by atoms with van der Waals surface area (Å²) < 4.78 is 0. The average molecular weight is 234 g/mol. The fraction of sp³-hybridized carbons (Fsp3) is 0. The fourth-order valence-electron chi connectivity index (χ4n) is 1.13. The molecule has 7 heteroatoms. The summed E-state index contributed by atoms with van der Waals surface area (Å²) in [7, 11) is 0. The first-order valence-electron chi connectivity index (χ1n) is 4.25. The topological polar surface area (TPSA) is 124 Å². The molecule has 0 aliphatic rings. The molecular formula is C10H6N2O5. The van der Waals surface area contributed by atoms with Crippen molar-refractivity contribution < 1.29 is 19.6 Å². The van der Waals surface area contributed by atoms with E-state index >= 15 is 0 Å². The second-order valence-corrected chi connectivity index (χ2v) is 2.88. The summed E-state index contributed by atoms with van der Waals surface area (Å²) in [5, 5.41) is 19.5. The lowest BCUT2D eigenvalue weighted by molar-refractivity contribution is -0.385. The van der Waals surface area contributed by atoms with E-state index in [9.17, 15) is 19.7 Å². The zero-order valence-corrected chi connectivity index (χ0v) is 8.34. The van der Waals surface area contributed by atoms with Crippen molar-refractivity contribution in [3.05, 3.63) is 39.4 Å². The molecule has 0 bridgehead atoms. The zero-order valence-electron chi connectivity index (χ0n) is 8.34.